The number of nitrogens with zero attached hydrogens (tertiary/aromatic N) is 1. The van der Waals surface area contributed by atoms with Crippen LogP contribution in [-0.4, -0.2) is 41.8 Å². The lowest BCUT2D eigenvalue weighted by Crippen LogP contribution is -2.43. The quantitative estimate of drug-likeness (QED) is 0.757. The summed E-state index contributed by atoms with van der Waals surface area (Å²) in [4.78, 5) is 36.5. The van der Waals surface area contributed by atoms with Crippen molar-refractivity contribution in [1.82, 2.24) is 4.90 Å². The molecular weight excluding hydrogens is 322 g/mol. The first-order chi connectivity index (χ1) is 12.0. The molecule has 2 aliphatic rings. The third-order valence-corrected chi connectivity index (χ3v) is 4.68. The van der Waals surface area contributed by atoms with Gasteiger partial charge in [-0.15, -0.1) is 0 Å². The third-order valence-electron chi connectivity index (χ3n) is 4.68. The van der Waals surface area contributed by atoms with Crippen LogP contribution in [-0.2, 0) is 20.8 Å². The van der Waals surface area contributed by atoms with Gasteiger partial charge in [-0.1, -0.05) is 0 Å². The molecule has 0 bridgehead atoms. The molecule has 0 aliphatic carbocycles. The summed E-state index contributed by atoms with van der Waals surface area (Å²) in [6.45, 7) is 1.02. The summed E-state index contributed by atoms with van der Waals surface area (Å²) in [5, 5.41) is 2.83. The van der Waals surface area contributed by atoms with Crippen molar-refractivity contribution in [2.24, 2.45) is 5.73 Å². The SMILES string of the molecule is NC(=O)C1CCCN1C(=O)CCCOc1ccc2c(c1)CCC(=O)N2. The van der Waals surface area contributed by atoms with Crippen LogP contribution in [0, 0.1) is 0 Å². The van der Waals surface area contributed by atoms with E-state index in [1.54, 1.807) is 4.90 Å². The number of nitrogens with two attached hydrogens (primary N) is 1. The van der Waals surface area contributed by atoms with E-state index in [0.29, 0.717) is 45.3 Å². The summed E-state index contributed by atoms with van der Waals surface area (Å²) < 4.78 is 5.71. The molecule has 0 spiro atoms. The standard InChI is InChI=1S/C18H23N3O4/c19-18(24)15-3-1-9-21(15)17(23)4-2-10-25-13-6-7-14-12(11-13)5-8-16(22)20-14/h6-7,11,15H,1-5,8-10H2,(H2,19,24)(H,20,22). The fourth-order valence-electron chi connectivity index (χ4n) is 3.37. The van der Waals surface area contributed by atoms with Crippen molar-refractivity contribution in [2.75, 3.05) is 18.5 Å². The van der Waals surface area contributed by atoms with Gasteiger partial charge in [-0.05, 0) is 49.4 Å². The molecule has 1 saturated heterocycles. The Labute approximate surface area is 146 Å². The van der Waals surface area contributed by atoms with Crippen LogP contribution in [0.2, 0.25) is 0 Å². The van der Waals surface area contributed by atoms with Crippen molar-refractivity contribution >= 4 is 23.4 Å². The Morgan fingerprint density at radius 1 is 1.32 bits per heavy atom. The molecule has 1 aromatic rings. The van der Waals surface area contributed by atoms with E-state index in [-0.39, 0.29) is 11.8 Å². The highest BCUT2D eigenvalue weighted by molar-refractivity contribution is 5.94. The second-order valence-corrected chi connectivity index (χ2v) is 6.47. The summed E-state index contributed by atoms with van der Waals surface area (Å²) in [6, 6.07) is 5.13. The molecule has 3 rings (SSSR count). The van der Waals surface area contributed by atoms with E-state index in [9.17, 15) is 14.4 Å². The number of carbonyl (C=O) groups is 3. The molecule has 7 heteroatoms. The number of rotatable bonds is 6. The summed E-state index contributed by atoms with van der Waals surface area (Å²) in [6.07, 6.45) is 3.59. The maximum absolute atomic E-state index is 12.2. The number of anilines is 1. The summed E-state index contributed by atoms with van der Waals surface area (Å²) >= 11 is 0. The molecule has 1 fully saturated rings. The molecule has 1 atom stereocenters. The second kappa shape index (κ2) is 7.55. The van der Waals surface area contributed by atoms with Gasteiger partial charge in [0.15, 0.2) is 0 Å². The number of fused-ring (bicyclic) bond motifs is 1. The predicted octanol–water partition coefficient (Wildman–Crippen LogP) is 1.21. The van der Waals surface area contributed by atoms with Crippen LogP contribution in [0.25, 0.3) is 0 Å². The van der Waals surface area contributed by atoms with Crippen LogP contribution in [0.1, 0.15) is 37.7 Å². The van der Waals surface area contributed by atoms with Crippen molar-refractivity contribution < 1.29 is 19.1 Å². The van der Waals surface area contributed by atoms with Gasteiger partial charge in [0.05, 0.1) is 6.61 Å². The molecule has 7 nitrogen and oxygen atoms in total. The smallest absolute Gasteiger partial charge is 0.240 e. The average Bonchev–Trinajstić information content (AvgIpc) is 3.08. The number of hydrogen-bond acceptors (Lipinski definition) is 4. The van der Waals surface area contributed by atoms with Gasteiger partial charge in [0.25, 0.3) is 0 Å². The number of hydrogen-bond donors (Lipinski definition) is 2. The summed E-state index contributed by atoms with van der Waals surface area (Å²) in [5.74, 6) is 0.302. The van der Waals surface area contributed by atoms with Crippen LogP contribution < -0.4 is 15.8 Å². The highest BCUT2D eigenvalue weighted by atomic mass is 16.5. The molecule has 25 heavy (non-hydrogen) atoms. The van der Waals surface area contributed by atoms with E-state index in [1.165, 1.54) is 0 Å². The Morgan fingerprint density at radius 3 is 2.96 bits per heavy atom. The summed E-state index contributed by atoms with van der Waals surface area (Å²) in [5.41, 5.74) is 7.24. The first-order valence-corrected chi connectivity index (χ1v) is 8.69. The van der Waals surface area contributed by atoms with Crippen LogP contribution in [0.3, 0.4) is 0 Å². The molecule has 0 aromatic heterocycles. The highest BCUT2D eigenvalue weighted by Gasteiger charge is 2.32. The highest BCUT2D eigenvalue weighted by Crippen LogP contribution is 2.27. The fourth-order valence-corrected chi connectivity index (χ4v) is 3.37. The van der Waals surface area contributed by atoms with Crippen molar-refractivity contribution in [1.29, 1.82) is 0 Å². The van der Waals surface area contributed by atoms with Crippen LogP contribution in [0.5, 0.6) is 5.75 Å². The second-order valence-electron chi connectivity index (χ2n) is 6.47. The van der Waals surface area contributed by atoms with E-state index in [4.69, 9.17) is 10.5 Å². The molecule has 2 heterocycles. The van der Waals surface area contributed by atoms with Crippen LogP contribution in [0.15, 0.2) is 18.2 Å². The first kappa shape index (κ1) is 17.3. The van der Waals surface area contributed by atoms with Crippen molar-refractivity contribution in [3.63, 3.8) is 0 Å². The Balaban J connectivity index is 1.45. The zero-order valence-corrected chi connectivity index (χ0v) is 14.1. The van der Waals surface area contributed by atoms with Gasteiger partial charge < -0.3 is 20.7 Å². The Morgan fingerprint density at radius 2 is 2.16 bits per heavy atom. The molecule has 0 radical (unpaired) electrons. The maximum Gasteiger partial charge on any atom is 0.240 e. The minimum Gasteiger partial charge on any atom is -0.494 e. The molecule has 134 valence electrons. The summed E-state index contributed by atoms with van der Waals surface area (Å²) in [7, 11) is 0. The van der Waals surface area contributed by atoms with Crippen molar-refractivity contribution in [3.05, 3.63) is 23.8 Å². The number of aryl methyl sites for hydroxylation is 1. The zero-order chi connectivity index (χ0) is 17.8. The third kappa shape index (κ3) is 4.10. The van der Waals surface area contributed by atoms with E-state index >= 15 is 0 Å². The van der Waals surface area contributed by atoms with Gasteiger partial charge in [-0.2, -0.15) is 0 Å². The van der Waals surface area contributed by atoms with Crippen LogP contribution in [0.4, 0.5) is 5.69 Å². The molecule has 1 aromatic carbocycles. The van der Waals surface area contributed by atoms with Crippen LogP contribution >= 0.6 is 0 Å². The number of primary amides is 1. The topological polar surface area (TPSA) is 102 Å². The first-order valence-electron chi connectivity index (χ1n) is 8.69. The Hall–Kier alpha value is -2.57. The van der Waals surface area contributed by atoms with E-state index in [1.807, 2.05) is 18.2 Å². The monoisotopic (exact) mass is 345 g/mol. The zero-order valence-electron chi connectivity index (χ0n) is 14.1. The van der Waals surface area contributed by atoms with E-state index in [2.05, 4.69) is 5.32 Å². The number of ether oxygens (including phenoxy) is 1. The van der Waals surface area contributed by atoms with Gasteiger partial charge in [0.1, 0.15) is 11.8 Å². The largest absolute Gasteiger partial charge is 0.494 e. The normalized spacial score (nSPS) is 19.3. The van der Waals surface area contributed by atoms with E-state index in [0.717, 1.165) is 23.4 Å². The minimum absolute atomic E-state index is 0.0378. The lowest BCUT2D eigenvalue weighted by molar-refractivity contribution is -0.137. The number of nitrogens with one attached hydrogen (secondary N) is 1. The molecule has 0 saturated carbocycles. The maximum atomic E-state index is 12.2. The number of benzene rings is 1. The molecule has 2 aliphatic heterocycles. The van der Waals surface area contributed by atoms with Gasteiger partial charge >= 0.3 is 0 Å². The Bertz CT molecular complexity index is 689. The predicted molar refractivity (Wildman–Crippen MR) is 92.1 cm³/mol. The molecular formula is C18H23N3O4. The van der Waals surface area contributed by atoms with Gasteiger partial charge in [0, 0.05) is 25.1 Å². The lowest BCUT2D eigenvalue weighted by Gasteiger charge is -2.22. The number of carbonyl (C=O) groups excluding carboxylic acids is 3. The van der Waals surface area contributed by atoms with Crippen molar-refractivity contribution in [2.45, 2.75) is 44.6 Å². The lowest BCUT2D eigenvalue weighted by atomic mass is 10.0. The Kier molecular flexibility index (Phi) is 5.21. The fraction of sp³-hybridized carbons (Fsp3) is 0.500. The molecule has 3 amide bonds. The van der Waals surface area contributed by atoms with Gasteiger partial charge in [-0.3, -0.25) is 14.4 Å². The average molecular weight is 345 g/mol. The van der Waals surface area contributed by atoms with Gasteiger partial charge in [-0.25, -0.2) is 0 Å². The molecule has 1 unspecified atom stereocenters. The minimum atomic E-state index is -0.454. The van der Waals surface area contributed by atoms with E-state index < -0.39 is 11.9 Å². The number of likely N-dealkylation sites (tertiary alicyclic amines) is 1. The number of amides is 3. The van der Waals surface area contributed by atoms with Crippen molar-refractivity contribution in [3.8, 4) is 5.75 Å². The van der Waals surface area contributed by atoms with Gasteiger partial charge in [0.2, 0.25) is 17.7 Å². The molecule has 3 N–H and O–H groups in total.